The van der Waals surface area contributed by atoms with Crippen LogP contribution in [0.25, 0.3) is 0 Å². The highest BCUT2D eigenvalue weighted by molar-refractivity contribution is 7.98. The van der Waals surface area contributed by atoms with E-state index in [1.54, 1.807) is 0 Å². The zero-order valence-electron chi connectivity index (χ0n) is 17.7. The fourth-order valence-corrected chi connectivity index (χ4v) is 3.46. The molecule has 0 aliphatic carbocycles. The van der Waals surface area contributed by atoms with E-state index in [4.69, 9.17) is 18.9 Å². The summed E-state index contributed by atoms with van der Waals surface area (Å²) in [5, 5.41) is 3.63. The molecule has 1 aliphatic rings. The van der Waals surface area contributed by atoms with Crippen LogP contribution in [0.4, 0.5) is 0 Å². The monoisotopic (exact) mass is 406 g/mol. The van der Waals surface area contributed by atoms with E-state index in [2.05, 4.69) is 30.3 Å². The fraction of sp³-hybridized carbons (Fsp3) is 1.00. The number of thioether (sulfide) groups is 1. The van der Waals surface area contributed by atoms with E-state index in [1.807, 2.05) is 11.8 Å². The number of ether oxygens (including phenoxy) is 4. The highest BCUT2D eigenvalue weighted by atomic mass is 32.2. The van der Waals surface area contributed by atoms with Crippen LogP contribution in [0.2, 0.25) is 0 Å². The van der Waals surface area contributed by atoms with Crippen molar-refractivity contribution in [1.82, 2.24) is 10.2 Å². The van der Waals surface area contributed by atoms with Gasteiger partial charge in [0.2, 0.25) is 0 Å². The second-order valence-corrected chi connectivity index (χ2v) is 8.22. The van der Waals surface area contributed by atoms with Crippen LogP contribution in [-0.4, -0.2) is 101 Å². The Morgan fingerprint density at radius 3 is 1.89 bits per heavy atom. The Hall–Kier alpha value is 0.110. The van der Waals surface area contributed by atoms with E-state index in [9.17, 15) is 0 Å². The summed E-state index contributed by atoms with van der Waals surface area (Å²) in [4.78, 5) is 2.50. The third kappa shape index (κ3) is 15.7. The summed E-state index contributed by atoms with van der Waals surface area (Å²) in [5.41, 5.74) is 0. The number of rotatable bonds is 18. The van der Waals surface area contributed by atoms with Gasteiger partial charge in [-0.1, -0.05) is 13.8 Å². The van der Waals surface area contributed by atoms with Crippen LogP contribution < -0.4 is 5.32 Å². The smallest absolute Gasteiger partial charge is 0.0701 e. The first kappa shape index (κ1) is 25.1. The molecule has 7 heteroatoms. The van der Waals surface area contributed by atoms with Gasteiger partial charge in [0, 0.05) is 25.2 Å². The lowest BCUT2D eigenvalue weighted by Crippen LogP contribution is -2.45. The molecule has 1 N–H and O–H groups in total. The van der Waals surface area contributed by atoms with Crippen molar-refractivity contribution in [3.05, 3.63) is 0 Å². The molecule has 0 bridgehead atoms. The van der Waals surface area contributed by atoms with E-state index in [1.165, 1.54) is 25.9 Å². The summed E-state index contributed by atoms with van der Waals surface area (Å²) in [6.07, 6.45) is 5.70. The Morgan fingerprint density at radius 1 is 0.852 bits per heavy atom. The van der Waals surface area contributed by atoms with E-state index < -0.39 is 0 Å². The van der Waals surface area contributed by atoms with Crippen molar-refractivity contribution in [3.63, 3.8) is 0 Å². The normalized spacial score (nSPS) is 16.4. The Bertz CT molecular complexity index is 316. The van der Waals surface area contributed by atoms with Gasteiger partial charge < -0.3 is 29.2 Å². The average molecular weight is 407 g/mol. The summed E-state index contributed by atoms with van der Waals surface area (Å²) < 4.78 is 22.1. The molecule has 1 fully saturated rings. The summed E-state index contributed by atoms with van der Waals surface area (Å²) in [7, 11) is 0. The van der Waals surface area contributed by atoms with Gasteiger partial charge in [-0.25, -0.2) is 0 Å². The molecule has 1 aliphatic heterocycles. The SMILES string of the molecule is CSCCCOCCOCCOCCOCCN1CCC(NC(C)C)CC1. The maximum Gasteiger partial charge on any atom is 0.0701 e. The van der Waals surface area contributed by atoms with E-state index in [0.717, 1.165) is 31.9 Å². The van der Waals surface area contributed by atoms with Crippen LogP contribution in [0, 0.1) is 0 Å². The Morgan fingerprint density at radius 2 is 1.37 bits per heavy atom. The fourth-order valence-electron chi connectivity index (χ4n) is 3.06. The lowest BCUT2D eigenvalue weighted by Gasteiger charge is -2.33. The third-order valence-electron chi connectivity index (χ3n) is 4.46. The quantitative estimate of drug-likeness (QED) is 0.350. The number of hydrogen-bond donors (Lipinski definition) is 1. The summed E-state index contributed by atoms with van der Waals surface area (Å²) >= 11 is 1.85. The van der Waals surface area contributed by atoms with Gasteiger partial charge in [0.1, 0.15) is 0 Å². The molecule has 1 saturated heterocycles. The van der Waals surface area contributed by atoms with Gasteiger partial charge in [0.15, 0.2) is 0 Å². The minimum Gasteiger partial charge on any atom is -0.379 e. The molecule has 1 rings (SSSR count). The van der Waals surface area contributed by atoms with Gasteiger partial charge in [-0.2, -0.15) is 11.8 Å². The molecule has 0 aromatic rings. The van der Waals surface area contributed by atoms with Crippen LogP contribution in [0.1, 0.15) is 33.1 Å². The number of piperidine rings is 1. The lowest BCUT2D eigenvalue weighted by molar-refractivity contribution is -0.00436. The molecule has 0 unspecified atom stereocenters. The zero-order chi connectivity index (χ0) is 19.6. The van der Waals surface area contributed by atoms with Crippen molar-refractivity contribution in [2.75, 3.05) is 84.5 Å². The predicted molar refractivity (Wildman–Crippen MR) is 114 cm³/mol. The van der Waals surface area contributed by atoms with Crippen molar-refractivity contribution in [2.45, 2.75) is 45.2 Å². The van der Waals surface area contributed by atoms with Crippen LogP contribution in [0.3, 0.4) is 0 Å². The Kier molecular flexibility index (Phi) is 16.9. The maximum absolute atomic E-state index is 5.67. The summed E-state index contributed by atoms with van der Waals surface area (Å²) in [5.74, 6) is 1.16. The minimum absolute atomic E-state index is 0.582. The molecule has 1 heterocycles. The lowest BCUT2D eigenvalue weighted by atomic mass is 10.0. The summed E-state index contributed by atoms with van der Waals surface area (Å²) in [6, 6.07) is 1.27. The molecule has 162 valence electrons. The second-order valence-electron chi connectivity index (χ2n) is 7.23. The van der Waals surface area contributed by atoms with Gasteiger partial charge in [-0.15, -0.1) is 0 Å². The Labute approximate surface area is 171 Å². The molecule has 0 aromatic heterocycles. The number of hydrogen-bond acceptors (Lipinski definition) is 7. The van der Waals surface area contributed by atoms with Crippen LogP contribution in [0.5, 0.6) is 0 Å². The topological polar surface area (TPSA) is 52.2 Å². The molecule has 0 radical (unpaired) electrons. The highest BCUT2D eigenvalue weighted by Gasteiger charge is 2.18. The first-order valence-electron chi connectivity index (χ1n) is 10.5. The van der Waals surface area contributed by atoms with Gasteiger partial charge in [0.25, 0.3) is 0 Å². The molecular formula is C20H42N2O4S. The van der Waals surface area contributed by atoms with Crippen LogP contribution in [-0.2, 0) is 18.9 Å². The largest absolute Gasteiger partial charge is 0.379 e. The second kappa shape index (κ2) is 18.2. The standard InChI is InChI=1S/C20H42N2O4S/c1-19(2)21-20-5-7-22(8-6-20)9-11-24-13-15-26-17-16-25-14-12-23-10-4-18-27-3/h19-21H,4-18H2,1-3H3. The Balaban J connectivity index is 1.75. The molecule has 0 amide bonds. The van der Waals surface area contributed by atoms with E-state index >= 15 is 0 Å². The van der Waals surface area contributed by atoms with Crippen molar-refractivity contribution in [1.29, 1.82) is 0 Å². The number of nitrogens with one attached hydrogen (secondary N) is 1. The van der Waals surface area contributed by atoms with Crippen molar-refractivity contribution >= 4 is 11.8 Å². The number of nitrogens with zero attached hydrogens (tertiary/aromatic N) is 1. The first-order chi connectivity index (χ1) is 13.2. The van der Waals surface area contributed by atoms with Gasteiger partial charge in [-0.3, -0.25) is 0 Å². The van der Waals surface area contributed by atoms with Gasteiger partial charge in [0.05, 0.1) is 46.2 Å². The van der Waals surface area contributed by atoms with Crippen molar-refractivity contribution in [2.24, 2.45) is 0 Å². The first-order valence-corrected chi connectivity index (χ1v) is 11.9. The molecular weight excluding hydrogens is 364 g/mol. The van der Waals surface area contributed by atoms with E-state index in [-0.39, 0.29) is 0 Å². The third-order valence-corrected chi connectivity index (χ3v) is 5.16. The molecule has 6 nitrogen and oxygen atoms in total. The number of likely N-dealkylation sites (tertiary alicyclic amines) is 1. The maximum atomic E-state index is 5.67. The molecule has 0 atom stereocenters. The van der Waals surface area contributed by atoms with Crippen molar-refractivity contribution < 1.29 is 18.9 Å². The highest BCUT2D eigenvalue weighted by Crippen LogP contribution is 2.10. The molecule has 0 aromatic carbocycles. The van der Waals surface area contributed by atoms with Crippen molar-refractivity contribution in [3.8, 4) is 0 Å². The molecule has 0 saturated carbocycles. The van der Waals surface area contributed by atoms with Crippen LogP contribution >= 0.6 is 11.8 Å². The zero-order valence-corrected chi connectivity index (χ0v) is 18.6. The molecule has 0 spiro atoms. The van der Waals surface area contributed by atoms with E-state index in [0.29, 0.717) is 51.7 Å². The van der Waals surface area contributed by atoms with Gasteiger partial charge in [-0.05, 0) is 44.4 Å². The minimum atomic E-state index is 0.582. The summed E-state index contributed by atoms with van der Waals surface area (Å²) in [6.45, 7) is 13.3. The van der Waals surface area contributed by atoms with Gasteiger partial charge >= 0.3 is 0 Å². The average Bonchev–Trinajstić information content (AvgIpc) is 2.66. The molecule has 27 heavy (non-hydrogen) atoms. The predicted octanol–water partition coefficient (Wildman–Crippen LogP) is 2.27. The van der Waals surface area contributed by atoms with Crippen LogP contribution in [0.15, 0.2) is 0 Å².